The number of hydrogen-bond acceptors (Lipinski definition) is 5. The number of nitrogens with zero attached hydrogens (tertiary/aromatic N) is 2. The molecule has 1 rings (SSSR count). The maximum atomic E-state index is 11.7. The van der Waals surface area contributed by atoms with Gasteiger partial charge in [0.1, 0.15) is 11.9 Å². The van der Waals surface area contributed by atoms with Crippen LogP contribution in [0.1, 0.15) is 38.1 Å². The van der Waals surface area contributed by atoms with Crippen LogP contribution in [0.3, 0.4) is 0 Å². The summed E-state index contributed by atoms with van der Waals surface area (Å²) in [6.45, 7) is 7.52. The van der Waals surface area contributed by atoms with Crippen molar-refractivity contribution in [3.63, 3.8) is 0 Å². The number of nitrogens with two attached hydrogens (primary N) is 1. The molecule has 6 nitrogen and oxygen atoms in total. The second kappa shape index (κ2) is 5.77. The quantitative estimate of drug-likeness (QED) is 0.846. The second-order valence-corrected chi connectivity index (χ2v) is 5.00. The third-order valence-corrected chi connectivity index (χ3v) is 2.25. The van der Waals surface area contributed by atoms with E-state index in [-0.39, 0.29) is 12.6 Å². The Morgan fingerprint density at radius 3 is 2.72 bits per heavy atom. The van der Waals surface area contributed by atoms with E-state index in [1.807, 2.05) is 6.92 Å². The third kappa shape index (κ3) is 4.29. The molecule has 6 heteroatoms. The van der Waals surface area contributed by atoms with Crippen LogP contribution in [0.4, 0.5) is 4.79 Å². The van der Waals surface area contributed by atoms with Crippen LogP contribution in [0.25, 0.3) is 0 Å². The van der Waals surface area contributed by atoms with Gasteiger partial charge in [0.15, 0.2) is 0 Å². The van der Waals surface area contributed by atoms with Gasteiger partial charge in [0, 0.05) is 24.0 Å². The highest BCUT2D eigenvalue weighted by atomic mass is 16.6. The molecule has 0 bridgehead atoms. The number of alkyl carbamates (subject to hydrolysis) is 1. The molecule has 0 aromatic carbocycles. The third-order valence-electron chi connectivity index (χ3n) is 2.25. The fourth-order valence-corrected chi connectivity index (χ4v) is 1.46. The first-order valence-corrected chi connectivity index (χ1v) is 5.79. The Balaban J connectivity index is 2.74. The van der Waals surface area contributed by atoms with Gasteiger partial charge in [-0.3, -0.25) is 0 Å². The number of carbonyl (C=O) groups is 1. The number of hydrogen-bond donors (Lipinski definition) is 2. The fourth-order valence-electron chi connectivity index (χ4n) is 1.46. The smallest absolute Gasteiger partial charge is 0.408 e. The van der Waals surface area contributed by atoms with Crippen molar-refractivity contribution in [2.75, 3.05) is 6.54 Å². The highest BCUT2D eigenvalue weighted by Gasteiger charge is 2.21. The summed E-state index contributed by atoms with van der Waals surface area (Å²) in [7, 11) is 0. The monoisotopic (exact) mass is 252 g/mol. The largest absolute Gasteiger partial charge is 0.444 e. The molecule has 0 aliphatic heterocycles. The standard InChI is InChI=1S/C12H20N4O2/c1-8-9(6-14-7-15-8)10(5-13)16-11(17)18-12(2,3)4/h6-7,10H,5,13H2,1-4H3,(H,16,17). The normalized spacial score (nSPS) is 12.9. The van der Waals surface area contributed by atoms with E-state index >= 15 is 0 Å². The summed E-state index contributed by atoms with van der Waals surface area (Å²) in [5.74, 6) is 0. The lowest BCUT2D eigenvalue weighted by Gasteiger charge is -2.23. The number of ether oxygens (including phenoxy) is 1. The SMILES string of the molecule is Cc1ncncc1C(CN)NC(=O)OC(C)(C)C. The first-order valence-electron chi connectivity index (χ1n) is 5.79. The lowest BCUT2D eigenvalue weighted by Crippen LogP contribution is -2.38. The zero-order valence-corrected chi connectivity index (χ0v) is 11.2. The average molecular weight is 252 g/mol. The van der Waals surface area contributed by atoms with Crippen LogP contribution in [0.15, 0.2) is 12.5 Å². The van der Waals surface area contributed by atoms with Crippen molar-refractivity contribution >= 4 is 6.09 Å². The predicted molar refractivity (Wildman–Crippen MR) is 67.9 cm³/mol. The van der Waals surface area contributed by atoms with Crippen molar-refractivity contribution in [2.45, 2.75) is 39.3 Å². The van der Waals surface area contributed by atoms with E-state index in [1.165, 1.54) is 6.33 Å². The van der Waals surface area contributed by atoms with E-state index in [1.54, 1.807) is 27.0 Å². The van der Waals surface area contributed by atoms with E-state index in [4.69, 9.17) is 10.5 Å². The number of rotatable bonds is 3. The highest BCUT2D eigenvalue weighted by molar-refractivity contribution is 5.68. The average Bonchev–Trinajstić information content (AvgIpc) is 2.24. The minimum Gasteiger partial charge on any atom is -0.444 e. The first kappa shape index (κ1) is 14.4. The summed E-state index contributed by atoms with van der Waals surface area (Å²) in [6.07, 6.45) is 2.61. The zero-order valence-electron chi connectivity index (χ0n) is 11.2. The van der Waals surface area contributed by atoms with Crippen LogP contribution >= 0.6 is 0 Å². The Morgan fingerprint density at radius 1 is 1.56 bits per heavy atom. The lowest BCUT2D eigenvalue weighted by atomic mass is 10.1. The molecular formula is C12H20N4O2. The summed E-state index contributed by atoms with van der Waals surface area (Å²) in [5.41, 5.74) is 6.71. The molecule has 0 aliphatic carbocycles. The van der Waals surface area contributed by atoms with Crippen molar-refractivity contribution in [3.8, 4) is 0 Å². The van der Waals surface area contributed by atoms with Crippen molar-refractivity contribution in [1.29, 1.82) is 0 Å². The summed E-state index contributed by atoms with van der Waals surface area (Å²) in [4.78, 5) is 19.7. The van der Waals surface area contributed by atoms with Gasteiger partial charge in [-0.2, -0.15) is 0 Å². The number of nitrogens with one attached hydrogen (secondary N) is 1. The molecule has 0 spiro atoms. The van der Waals surface area contributed by atoms with Gasteiger partial charge >= 0.3 is 6.09 Å². The van der Waals surface area contributed by atoms with Crippen LogP contribution in [-0.2, 0) is 4.74 Å². The lowest BCUT2D eigenvalue weighted by molar-refractivity contribution is 0.0505. The molecule has 100 valence electrons. The summed E-state index contributed by atoms with van der Waals surface area (Å²) < 4.78 is 5.18. The molecule has 0 saturated heterocycles. The van der Waals surface area contributed by atoms with Crippen LogP contribution in [0, 0.1) is 6.92 Å². The van der Waals surface area contributed by atoms with Crippen LogP contribution < -0.4 is 11.1 Å². The number of aryl methyl sites for hydroxylation is 1. The van der Waals surface area contributed by atoms with E-state index in [0.717, 1.165) is 11.3 Å². The Bertz CT molecular complexity index is 415. The molecule has 1 aromatic rings. The van der Waals surface area contributed by atoms with Gasteiger partial charge in [-0.1, -0.05) is 0 Å². The summed E-state index contributed by atoms with van der Waals surface area (Å²) in [6, 6.07) is -0.346. The zero-order chi connectivity index (χ0) is 13.8. The van der Waals surface area contributed by atoms with E-state index in [2.05, 4.69) is 15.3 Å². The maximum Gasteiger partial charge on any atom is 0.408 e. The van der Waals surface area contributed by atoms with Gasteiger partial charge in [0.05, 0.1) is 6.04 Å². The number of amides is 1. The van der Waals surface area contributed by atoms with Crippen molar-refractivity contribution in [3.05, 3.63) is 23.8 Å². The molecule has 1 aromatic heterocycles. The molecule has 3 N–H and O–H groups in total. The molecular weight excluding hydrogens is 232 g/mol. The van der Waals surface area contributed by atoms with Gasteiger partial charge in [0.2, 0.25) is 0 Å². The molecule has 0 radical (unpaired) electrons. The Labute approximate surface area is 107 Å². The van der Waals surface area contributed by atoms with Crippen molar-refractivity contribution < 1.29 is 9.53 Å². The van der Waals surface area contributed by atoms with Gasteiger partial charge in [-0.05, 0) is 27.7 Å². The summed E-state index contributed by atoms with van der Waals surface area (Å²) >= 11 is 0. The van der Waals surface area contributed by atoms with Gasteiger partial charge in [-0.15, -0.1) is 0 Å². The summed E-state index contributed by atoms with van der Waals surface area (Å²) in [5, 5.41) is 2.71. The number of aromatic nitrogens is 2. The fraction of sp³-hybridized carbons (Fsp3) is 0.583. The van der Waals surface area contributed by atoms with Crippen molar-refractivity contribution in [1.82, 2.24) is 15.3 Å². The molecule has 1 atom stereocenters. The molecule has 18 heavy (non-hydrogen) atoms. The van der Waals surface area contributed by atoms with E-state index in [9.17, 15) is 4.79 Å². The predicted octanol–water partition coefficient (Wildman–Crippen LogP) is 1.31. The first-order chi connectivity index (χ1) is 8.33. The molecule has 1 heterocycles. The van der Waals surface area contributed by atoms with Crippen LogP contribution in [0.5, 0.6) is 0 Å². The molecule has 0 saturated carbocycles. The Morgan fingerprint density at radius 2 is 2.22 bits per heavy atom. The Hall–Kier alpha value is -1.69. The van der Waals surface area contributed by atoms with Crippen molar-refractivity contribution in [2.24, 2.45) is 5.73 Å². The number of carbonyl (C=O) groups excluding carboxylic acids is 1. The van der Waals surface area contributed by atoms with Gasteiger partial charge < -0.3 is 15.8 Å². The molecule has 0 fully saturated rings. The molecule has 1 unspecified atom stereocenters. The molecule has 1 amide bonds. The van der Waals surface area contributed by atoms with E-state index < -0.39 is 11.7 Å². The minimum atomic E-state index is -0.536. The Kier molecular flexibility index (Phi) is 4.61. The molecule has 0 aliphatic rings. The van der Waals surface area contributed by atoms with Crippen LogP contribution in [-0.4, -0.2) is 28.2 Å². The minimum absolute atomic E-state index is 0.257. The topological polar surface area (TPSA) is 90.1 Å². The highest BCUT2D eigenvalue weighted by Crippen LogP contribution is 2.14. The van der Waals surface area contributed by atoms with Gasteiger partial charge in [-0.25, -0.2) is 14.8 Å². The van der Waals surface area contributed by atoms with Crippen LogP contribution in [0.2, 0.25) is 0 Å². The maximum absolute atomic E-state index is 11.7. The van der Waals surface area contributed by atoms with E-state index in [0.29, 0.717) is 0 Å². The van der Waals surface area contributed by atoms with Gasteiger partial charge in [0.25, 0.3) is 0 Å². The second-order valence-electron chi connectivity index (χ2n) is 5.00.